The van der Waals surface area contributed by atoms with E-state index < -0.39 is 0 Å². The molecule has 0 saturated carbocycles. The van der Waals surface area contributed by atoms with Crippen LogP contribution in [0, 0.1) is 0 Å². The molecule has 0 bridgehead atoms. The van der Waals surface area contributed by atoms with Gasteiger partial charge in [-0.25, -0.2) is 0 Å². The lowest BCUT2D eigenvalue weighted by Crippen LogP contribution is -1.89. The van der Waals surface area contributed by atoms with Crippen molar-refractivity contribution in [1.82, 2.24) is 0 Å². The number of hydrogen-bond acceptors (Lipinski definition) is 1. The summed E-state index contributed by atoms with van der Waals surface area (Å²) in [6, 6.07) is 17.1. The third kappa shape index (κ3) is 2.55. The zero-order valence-electron chi connectivity index (χ0n) is 11.2. The minimum absolute atomic E-state index is 0.935. The molecule has 0 saturated heterocycles. The summed E-state index contributed by atoms with van der Waals surface area (Å²) in [5, 5.41) is 0. The Hall–Kier alpha value is -2.02. The molecule has 2 aromatic rings. The van der Waals surface area contributed by atoms with Crippen LogP contribution >= 0.6 is 0 Å². The Balaban J connectivity index is 2.05. The maximum atomic E-state index is 5.33. The number of fused-ring (bicyclic) bond motifs is 1. The highest BCUT2D eigenvalue weighted by Gasteiger charge is 2.10. The van der Waals surface area contributed by atoms with Crippen LogP contribution in [0.15, 0.2) is 48.5 Å². The van der Waals surface area contributed by atoms with Crippen molar-refractivity contribution < 1.29 is 4.74 Å². The molecule has 0 heterocycles. The number of allylic oxidation sites excluding steroid dienone is 1. The van der Waals surface area contributed by atoms with E-state index in [9.17, 15) is 0 Å². The zero-order valence-corrected chi connectivity index (χ0v) is 11.2. The maximum Gasteiger partial charge on any atom is 0.119 e. The second-order valence-corrected chi connectivity index (χ2v) is 4.95. The standard InChI is InChI=1S/C18H18O/c1-19-18-11-10-15-8-5-9-16(12-17(15)13-18)14-6-3-2-4-7-14/h2-4,6-7,10-13H,5,8-9H2,1H3. The largest absolute Gasteiger partial charge is 0.497 e. The van der Waals surface area contributed by atoms with E-state index in [-0.39, 0.29) is 0 Å². The van der Waals surface area contributed by atoms with Gasteiger partial charge in [0.25, 0.3) is 0 Å². The molecule has 3 rings (SSSR count). The number of aryl methyl sites for hydroxylation is 1. The fourth-order valence-electron chi connectivity index (χ4n) is 2.67. The summed E-state index contributed by atoms with van der Waals surface area (Å²) in [4.78, 5) is 0. The highest BCUT2D eigenvalue weighted by molar-refractivity contribution is 5.83. The van der Waals surface area contributed by atoms with Crippen LogP contribution in [-0.2, 0) is 6.42 Å². The van der Waals surface area contributed by atoms with Gasteiger partial charge < -0.3 is 4.74 Å². The number of rotatable bonds is 2. The summed E-state index contributed by atoms with van der Waals surface area (Å²) >= 11 is 0. The van der Waals surface area contributed by atoms with Gasteiger partial charge in [-0.2, -0.15) is 0 Å². The van der Waals surface area contributed by atoms with E-state index >= 15 is 0 Å². The van der Waals surface area contributed by atoms with Crippen molar-refractivity contribution in [2.75, 3.05) is 7.11 Å². The maximum absolute atomic E-state index is 5.33. The molecule has 0 atom stereocenters. The first kappa shape index (κ1) is 12.0. The molecule has 0 aliphatic heterocycles. The van der Waals surface area contributed by atoms with Crippen molar-refractivity contribution >= 4 is 11.6 Å². The van der Waals surface area contributed by atoms with Crippen molar-refractivity contribution in [1.29, 1.82) is 0 Å². The lowest BCUT2D eigenvalue weighted by molar-refractivity contribution is 0.414. The summed E-state index contributed by atoms with van der Waals surface area (Å²) in [5.74, 6) is 0.935. The molecule has 96 valence electrons. The molecule has 0 radical (unpaired) electrons. The van der Waals surface area contributed by atoms with E-state index in [0.717, 1.165) is 18.6 Å². The Morgan fingerprint density at radius 1 is 0.947 bits per heavy atom. The summed E-state index contributed by atoms with van der Waals surface area (Å²) in [6.07, 6.45) is 5.81. The lowest BCUT2D eigenvalue weighted by atomic mass is 10.0. The summed E-state index contributed by atoms with van der Waals surface area (Å²) in [6.45, 7) is 0. The first-order valence-electron chi connectivity index (χ1n) is 6.80. The van der Waals surface area contributed by atoms with Crippen molar-refractivity contribution in [3.63, 3.8) is 0 Å². The van der Waals surface area contributed by atoms with E-state index in [1.165, 1.54) is 28.7 Å². The normalized spacial score (nSPS) is 14.3. The molecule has 1 nitrogen and oxygen atoms in total. The summed E-state index contributed by atoms with van der Waals surface area (Å²) in [7, 11) is 1.72. The van der Waals surface area contributed by atoms with Crippen LogP contribution < -0.4 is 4.74 Å². The second kappa shape index (κ2) is 5.31. The summed E-state index contributed by atoms with van der Waals surface area (Å²) in [5.41, 5.74) is 5.48. The van der Waals surface area contributed by atoms with Crippen molar-refractivity contribution in [3.8, 4) is 5.75 Å². The van der Waals surface area contributed by atoms with Gasteiger partial charge in [-0.05, 0) is 53.7 Å². The molecule has 0 amide bonds. The van der Waals surface area contributed by atoms with Crippen LogP contribution in [0.1, 0.15) is 29.5 Å². The molecular formula is C18H18O. The third-order valence-electron chi connectivity index (χ3n) is 3.72. The van der Waals surface area contributed by atoms with E-state index in [0.29, 0.717) is 0 Å². The Kier molecular flexibility index (Phi) is 3.37. The number of benzene rings is 2. The monoisotopic (exact) mass is 250 g/mol. The van der Waals surface area contributed by atoms with Crippen LogP contribution in [-0.4, -0.2) is 7.11 Å². The first-order valence-corrected chi connectivity index (χ1v) is 6.80. The third-order valence-corrected chi connectivity index (χ3v) is 3.72. The van der Waals surface area contributed by atoms with Crippen LogP contribution in [0.3, 0.4) is 0 Å². The van der Waals surface area contributed by atoms with Gasteiger partial charge in [-0.1, -0.05) is 42.5 Å². The molecule has 0 spiro atoms. The highest BCUT2D eigenvalue weighted by Crippen LogP contribution is 2.31. The van der Waals surface area contributed by atoms with Gasteiger partial charge >= 0.3 is 0 Å². The minimum atomic E-state index is 0.935. The summed E-state index contributed by atoms with van der Waals surface area (Å²) < 4.78 is 5.33. The molecule has 1 heteroatoms. The van der Waals surface area contributed by atoms with Gasteiger partial charge in [0, 0.05) is 0 Å². The second-order valence-electron chi connectivity index (χ2n) is 4.95. The van der Waals surface area contributed by atoms with Gasteiger partial charge in [-0.15, -0.1) is 0 Å². The van der Waals surface area contributed by atoms with Crippen LogP contribution in [0.25, 0.3) is 11.6 Å². The predicted molar refractivity (Wildman–Crippen MR) is 80.2 cm³/mol. The van der Waals surface area contributed by atoms with Crippen molar-refractivity contribution in [2.45, 2.75) is 19.3 Å². The predicted octanol–water partition coefficient (Wildman–Crippen LogP) is 4.57. The molecular weight excluding hydrogens is 232 g/mol. The average molecular weight is 250 g/mol. The molecule has 0 unspecified atom stereocenters. The Bertz CT molecular complexity index is 596. The fraction of sp³-hybridized carbons (Fsp3) is 0.222. The lowest BCUT2D eigenvalue weighted by Gasteiger charge is -2.06. The Morgan fingerprint density at radius 2 is 1.79 bits per heavy atom. The van der Waals surface area contributed by atoms with E-state index in [1.54, 1.807) is 7.11 Å². The van der Waals surface area contributed by atoms with Gasteiger partial charge in [0.05, 0.1) is 7.11 Å². The molecule has 1 aliphatic rings. The van der Waals surface area contributed by atoms with Gasteiger partial charge in [0.1, 0.15) is 5.75 Å². The van der Waals surface area contributed by atoms with Crippen LogP contribution in [0.4, 0.5) is 0 Å². The molecule has 0 N–H and O–H groups in total. The zero-order chi connectivity index (χ0) is 13.1. The minimum Gasteiger partial charge on any atom is -0.497 e. The average Bonchev–Trinajstić information content (AvgIpc) is 2.69. The molecule has 19 heavy (non-hydrogen) atoms. The molecule has 0 aromatic heterocycles. The van der Waals surface area contributed by atoms with Crippen molar-refractivity contribution in [3.05, 3.63) is 65.2 Å². The number of hydrogen-bond donors (Lipinski definition) is 0. The Labute approximate surface area is 114 Å². The number of methoxy groups -OCH3 is 1. The van der Waals surface area contributed by atoms with Crippen molar-refractivity contribution in [2.24, 2.45) is 0 Å². The van der Waals surface area contributed by atoms with E-state index in [1.807, 2.05) is 0 Å². The highest BCUT2D eigenvalue weighted by atomic mass is 16.5. The van der Waals surface area contributed by atoms with Gasteiger partial charge in [0.2, 0.25) is 0 Å². The SMILES string of the molecule is COc1ccc2c(c1)C=C(c1ccccc1)CCC2. The quantitative estimate of drug-likeness (QED) is 0.758. The first-order chi connectivity index (χ1) is 9.36. The molecule has 2 aromatic carbocycles. The van der Waals surface area contributed by atoms with E-state index in [4.69, 9.17) is 4.74 Å². The van der Waals surface area contributed by atoms with Crippen LogP contribution in [0.5, 0.6) is 5.75 Å². The van der Waals surface area contributed by atoms with E-state index in [2.05, 4.69) is 54.6 Å². The molecule has 0 fully saturated rings. The smallest absolute Gasteiger partial charge is 0.119 e. The Morgan fingerprint density at radius 3 is 2.58 bits per heavy atom. The topological polar surface area (TPSA) is 9.23 Å². The number of ether oxygens (including phenoxy) is 1. The van der Waals surface area contributed by atoms with Gasteiger partial charge in [-0.3, -0.25) is 0 Å². The molecule has 1 aliphatic carbocycles. The van der Waals surface area contributed by atoms with Crippen LogP contribution in [0.2, 0.25) is 0 Å². The van der Waals surface area contributed by atoms with Gasteiger partial charge in [0.15, 0.2) is 0 Å². The fourth-order valence-corrected chi connectivity index (χ4v) is 2.67.